The maximum Gasteiger partial charge on any atom is 0.272 e. The summed E-state index contributed by atoms with van der Waals surface area (Å²) in [5.74, 6) is -0.636. The third-order valence-corrected chi connectivity index (χ3v) is 4.09. The van der Waals surface area contributed by atoms with Crippen LogP contribution in [0.25, 0.3) is 0 Å². The number of pyridine rings is 1. The van der Waals surface area contributed by atoms with Crippen molar-refractivity contribution < 1.29 is 9.18 Å². The number of nitrogens with zero attached hydrogens (tertiary/aromatic N) is 2. The molecule has 0 saturated carbocycles. The van der Waals surface area contributed by atoms with Crippen molar-refractivity contribution in [3.05, 3.63) is 89.0 Å². The van der Waals surface area contributed by atoms with Crippen LogP contribution in [0.3, 0.4) is 0 Å². The first kappa shape index (κ1) is 17.9. The highest BCUT2D eigenvalue weighted by atomic mass is 35.5. The molecule has 1 heterocycles. The average Bonchev–Trinajstić information content (AvgIpc) is 2.65. The topological polar surface area (TPSA) is 45.2 Å². The number of carbonyl (C=O) groups excluding carboxylic acids is 1. The molecule has 26 heavy (non-hydrogen) atoms. The van der Waals surface area contributed by atoms with Crippen LogP contribution in [0.2, 0.25) is 5.02 Å². The fraction of sp³-hybridized carbons (Fsp3) is 0.100. The second-order valence-electron chi connectivity index (χ2n) is 5.83. The lowest BCUT2D eigenvalue weighted by Gasteiger charge is -2.17. The molecule has 0 atom stereocenters. The number of hydrogen-bond donors (Lipinski definition) is 1. The summed E-state index contributed by atoms with van der Waals surface area (Å²) in [4.78, 5) is 18.3. The molecule has 3 aromatic rings. The highest BCUT2D eigenvalue weighted by molar-refractivity contribution is 6.31. The molecule has 0 radical (unpaired) electrons. The zero-order valence-corrected chi connectivity index (χ0v) is 14.9. The van der Waals surface area contributed by atoms with E-state index >= 15 is 0 Å². The maximum atomic E-state index is 13.2. The SMILES string of the molecule is CN(Cc1ccccc1)C(=O)c1ccc(Nc2ccc(F)c(Cl)c2)cn1. The first-order chi connectivity index (χ1) is 12.5. The van der Waals surface area contributed by atoms with E-state index in [1.165, 1.54) is 12.1 Å². The van der Waals surface area contributed by atoms with Crippen molar-refractivity contribution in [1.29, 1.82) is 0 Å². The molecule has 0 saturated heterocycles. The van der Waals surface area contributed by atoms with Gasteiger partial charge in [0.1, 0.15) is 11.5 Å². The Balaban J connectivity index is 1.66. The van der Waals surface area contributed by atoms with Crippen LogP contribution in [0, 0.1) is 5.82 Å². The molecule has 0 aliphatic rings. The molecule has 0 fully saturated rings. The summed E-state index contributed by atoms with van der Waals surface area (Å²) in [6.45, 7) is 0.509. The van der Waals surface area contributed by atoms with E-state index < -0.39 is 5.82 Å². The summed E-state index contributed by atoms with van der Waals surface area (Å²) >= 11 is 5.77. The van der Waals surface area contributed by atoms with Crippen LogP contribution in [0.1, 0.15) is 16.1 Å². The molecule has 6 heteroatoms. The Kier molecular flexibility index (Phi) is 5.49. The number of nitrogens with one attached hydrogen (secondary N) is 1. The number of rotatable bonds is 5. The second-order valence-corrected chi connectivity index (χ2v) is 6.24. The molecular formula is C20H17ClFN3O. The third-order valence-electron chi connectivity index (χ3n) is 3.80. The smallest absolute Gasteiger partial charge is 0.272 e. The van der Waals surface area contributed by atoms with Gasteiger partial charge in [-0.25, -0.2) is 9.37 Å². The van der Waals surface area contributed by atoms with Crippen LogP contribution in [0.15, 0.2) is 66.9 Å². The molecule has 132 valence electrons. The van der Waals surface area contributed by atoms with E-state index in [0.29, 0.717) is 23.6 Å². The molecule has 0 unspecified atom stereocenters. The van der Waals surface area contributed by atoms with Gasteiger partial charge in [0.05, 0.1) is 16.9 Å². The van der Waals surface area contributed by atoms with Gasteiger partial charge in [-0.05, 0) is 35.9 Å². The van der Waals surface area contributed by atoms with Crippen molar-refractivity contribution in [2.75, 3.05) is 12.4 Å². The van der Waals surface area contributed by atoms with E-state index in [2.05, 4.69) is 10.3 Å². The summed E-state index contributed by atoms with van der Waals surface area (Å²) in [5, 5.41) is 3.11. The van der Waals surface area contributed by atoms with Crippen LogP contribution >= 0.6 is 11.6 Å². The van der Waals surface area contributed by atoms with Gasteiger partial charge in [-0.1, -0.05) is 41.9 Å². The number of aromatic nitrogens is 1. The van der Waals surface area contributed by atoms with Crippen LogP contribution in [-0.4, -0.2) is 22.8 Å². The van der Waals surface area contributed by atoms with E-state index in [0.717, 1.165) is 5.56 Å². The monoisotopic (exact) mass is 369 g/mol. The van der Waals surface area contributed by atoms with Crippen LogP contribution < -0.4 is 5.32 Å². The molecule has 0 aliphatic heterocycles. The predicted molar refractivity (Wildman–Crippen MR) is 101 cm³/mol. The standard InChI is InChI=1S/C20H17ClFN3O/c1-25(13-14-5-3-2-4-6-14)20(26)19-10-8-16(12-23-19)24-15-7-9-18(22)17(21)11-15/h2-12,24H,13H2,1H3. The zero-order valence-electron chi connectivity index (χ0n) is 14.1. The van der Waals surface area contributed by atoms with E-state index in [1.54, 1.807) is 36.3 Å². The molecular weight excluding hydrogens is 353 g/mol. The Bertz CT molecular complexity index is 901. The van der Waals surface area contributed by atoms with Gasteiger partial charge < -0.3 is 10.2 Å². The van der Waals surface area contributed by atoms with Gasteiger partial charge in [0.25, 0.3) is 5.91 Å². The number of carbonyl (C=O) groups is 1. The summed E-state index contributed by atoms with van der Waals surface area (Å²) < 4.78 is 13.2. The van der Waals surface area contributed by atoms with Crippen molar-refractivity contribution in [2.45, 2.75) is 6.54 Å². The van der Waals surface area contributed by atoms with Crippen LogP contribution in [-0.2, 0) is 6.54 Å². The fourth-order valence-electron chi connectivity index (χ4n) is 2.46. The molecule has 2 aromatic carbocycles. The van der Waals surface area contributed by atoms with Crippen molar-refractivity contribution in [3.8, 4) is 0 Å². The Morgan fingerprint density at radius 2 is 1.85 bits per heavy atom. The molecule has 4 nitrogen and oxygen atoms in total. The average molecular weight is 370 g/mol. The van der Waals surface area contributed by atoms with Crippen LogP contribution in [0.5, 0.6) is 0 Å². The summed E-state index contributed by atoms with van der Waals surface area (Å²) in [5.41, 5.74) is 2.72. The molecule has 1 amide bonds. The number of anilines is 2. The quantitative estimate of drug-likeness (QED) is 0.696. The Morgan fingerprint density at radius 1 is 1.12 bits per heavy atom. The first-order valence-corrected chi connectivity index (χ1v) is 8.38. The van der Waals surface area contributed by atoms with Crippen molar-refractivity contribution in [3.63, 3.8) is 0 Å². The minimum atomic E-state index is -0.474. The molecule has 3 rings (SSSR count). The summed E-state index contributed by atoms with van der Waals surface area (Å²) in [6, 6.07) is 17.5. The minimum absolute atomic E-state index is 0.0392. The van der Waals surface area contributed by atoms with Crippen molar-refractivity contribution in [1.82, 2.24) is 9.88 Å². The first-order valence-electron chi connectivity index (χ1n) is 8.00. The summed E-state index contributed by atoms with van der Waals surface area (Å²) in [7, 11) is 1.74. The molecule has 1 aromatic heterocycles. The zero-order chi connectivity index (χ0) is 18.5. The minimum Gasteiger partial charge on any atom is -0.354 e. The van der Waals surface area contributed by atoms with Gasteiger partial charge in [-0.2, -0.15) is 0 Å². The lowest BCUT2D eigenvalue weighted by atomic mass is 10.2. The van der Waals surface area contributed by atoms with Gasteiger partial charge in [0.2, 0.25) is 0 Å². The predicted octanol–water partition coefficient (Wildman–Crippen LogP) is 4.89. The van der Waals surface area contributed by atoms with E-state index in [9.17, 15) is 9.18 Å². The Morgan fingerprint density at radius 3 is 2.50 bits per heavy atom. The highest BCUT2D eigenvalue weighted by Gasteiger charge is 2.13. The number of halogens is 2. The van der Waals surface area contributed by atoms with Crippen molar-refractivity contribution >= 4 is 28.9 Å². The van der Waals surface area contributed by atoms with E-state index in [1.807, 2.05) is 30.3 Å². The van der Waals surface area contributed by atoms with Gasteiger partial charge in [-0.3, -0.25) is 4.79 Å². The van der Waals surface area contributed by atoms with E-state index in [-0.39, 0.29) is 10.9 Å². The third kappa shape index (κ3) is 4.37. The maximum absolute atomic E-state index is 13.2. The Hall–Kier alpha value is -2.92. The lowest BCUT2D eigenvalue weighted by molar-refractivity contribution is 0.0779. The molecule has 0 bridgehead atoms. The van der Waals surface area contributed by atoms with Crippen LogP contribution in [0.4, 0.5) is 15.8 Å². The second kappa shape index (κ2) is 7.97. The number of hydrogen-bond acceptors (Lipinski definition) is 3. The number of amides is 1. The highest BCUT2D eigenvalue weighted by Crippen LogP contribution is 2.22. The molecule has 0 aliphatic carbocycles. The van der Waals surface area contributed by atoms with Gasteiger partial charge in [0, 0.05) is 19.3 Å². The number of benzene rings is 2. The fourth-order valence-corrected chi connectivity index (χ4v) is 2.64. The largest absolute Gasteiger partial charge is 0.354 e. The van der Waals surface area contributed by atoms with Gasteiger partial charge >= 0.3 is 0 Å². The van der Waals surface area contributed by atoms with Gasteiger partial charge in [0.15, 0.2) is 0 Å². The molecule has 1 N–H and O–H groups in total. The Labute approximate surface area is 156 Å². The summed E-state index contributed by atoms with van der Waals surface area (Å²) in [6.07, 6.45) is 1.56. The normalized spacial score (nSPS) is 10.4. The lowest BCUT2D eigenvalue weighted by Crippen LogP contribution is -2.26. The van der Waals surface area contributed by atoms with E-state index in [4.69, 9.17) is 11.6 Å². The molecule has 0 spiro atoms. The van der Waals surface area contributed by atoms with Crippen molar-refractivity contribution in [2.24, 2.45) is 0 Å². The van der Waals surface area contributed by atoms with Gasteiger partial charge in [-0.15, -0.1) is 0 Å².